The van der Waals surface area contributed by atoms with Gasteiger partial charge in [-0.05, 0) is 50.5 Å². The number of thiophene rings is 1. The van der Waals surface area contributed by atoms with Crippen molar-refractivity contribution >= 4 is 28.7 Å². The van der Waals surface area contributed by atoms with Crippen molar-refractivity contribution < 1.29 is 9.59 Å². The number of ketones is 1. The van der Waals surface area contributed by atoms with Crippen molar-refractivity contribution in [1.82, 2.24) is 4.90 Å². The first-order valence-electron chi connectivity index (χ1n) is 9.30. The lowest BCUT2D eigenvalue weighted by Crippen LogP contribution is -2.46. The number of Topliss-reactive ketones (excluding diaryl/α,β-unsaturated/α-hetero) is 1. The molecule has 0 N–H and O–H groups in total. The van der Waals surface area contributed by atoms with Crippen LogP contribution in [0.15, 0.2) is 33.8 Å². The molecule has 0 radical (unpaired) electrons. The maximum atomic E-state index is 13.4. The SMILES string of the molecule is CC1=NC2=C(C(=O)CCC2)[C@@H](c2cccs2)C1C(=O)N1CCCCC1. The first kappa shape index (κ1) is 16.7. The Kier molecular flexibility index (Phi) is 4.59. The molecular weight excluding hydrogens is 332 g/mol. The molecule has 1 fully saturated rings. The summed E-state index contributed by atoms with van der Waals surface area (Å²) in [5.74, 6) is -0.121. The van der Waals surface area contributed by atoms with Gasteiger partial charge < -0.3 is 4.90 Å². The van der Waals surface area contributed by atoms with E-state index < -0.39 is 0 Å². The van der Waals surface area contributed by atoms with Gasteiger partial charge in [-0.3, -0.25) is 14.6 Å². The van der Waals surface area contributed by atoms with Crippen LogP contribution in [-0.2, 0) is 9.59 Å². The number of carbonyl (C=O) groups is 2. The first-order valence-corrected chi connectivity index (χ1v) is 10.2. The van der Waals surface area contributed by atoms with E-state index >= 15 is 0 Å². The predicted molar refractivity (Wildman–Crippen MR) is 100.0 cm³/mol. The minimum atomic E-state index is -0.322. The number of hydrogen-bond donors (Lipinski definition) is 0. The Morgan fingerprint density at radius 1 is 1.20 bits per heavy atom. The number of piperidine rings is 1. The van der Waals surface area contributed by atoms with Crippen molar-refractivity contribution in [1.29, 1.82) is 0 Å². The molecule has 25 heavy (non-hydrogen) atoms. The van der Waals surface area contributed by atoms with E-state index in [1.54, 1.807) is 11.3 Å². The van der Waals surface area contributed by atoms with Crippen LogP contribution in [0.3, 0.4) is 0 Å². The zero-order valence-corrected chi connectivity index (χ0v) is 15.5. The Morgan fingerprint density at radius 3 is 2.72 bits per heavy atom. The second-order valence-corrected chi connectivity index (χ2v) is 8.23. The van der Waals surface area contributed by atoms with Gasteiger partial charge in [0.25, 0.3) is 0 Å². The van der Waals surface area contributed by atoms with E-state index in [1.165, 1.54) is 6.42 Å². The third-order valence-electron chi connectivity index (χ3n) is 5.62. The molecule has 132 valence electrons. The number of amides is 1. The summed E-state index contributed by atoms with van der Waals surface area (Å²) < 4.78 is 0. The lowest BCUT2D eigenvalue weighted by Gasteiger charge is -2.38. The van der Waals surface area contributed by atoms with Gasteiger partial charge in [0, 0.05) is 47.3 Å². The maximum absolute atomic E-state index is 13.4. The van der Waals surface area contributed by atoms with Crippen molar-refractivity contribution in [3.8, 4) is 0 Å². The summed E-state index contributed by atoms with van der Waals surface area (Å²) in [6.07, 6.45) is 5.65. The van der Waals surface area contributed by atoms with E-state index in [2.05, 4.69) is 6.07 Å². The van der Waals surface area contributed by atoms with Crippen molar-refractivity contribution in [2.24, 2.45) is 10.9 Å². The number of aliphatic imine (C=N–C) groups is 1. The molecule has 2 atom stereocenters. The third kappa shape index (κ3) is 2.99. The summed E-state index contributed by atoms with van der Waals surface area (Å²) in [6.45, 7) is 3.63. The van der Waals surface area contributed by atoms with E-state index in [-0.39, 0.29) is 23.5 Å². The lowest BCUT2D eigenvalue weighted by atomic mass is 9.73. The van der Waals surface area contributed by atoms with Gasteiger partial charge >= 0.3 is 0 Å². The second-order valence-electron chi connectivity index (χ2n) is 7.25. The standard InChI is InChI=1S/C20H24N2O2S/c1-13-17(20(24)22-10-3-2-4-11-22)19(16-9-6-12-25-16)18-14(21-13)7-5-8-15(18)23/h6,9,12,17,19H,2-5,7-8,10-11H2,1H3/t17?,19-/m0/s1. The van der Waals surface area contributed by atoms with E-state index in [0.29, 0.717) is 6.42 Å². The molecule has 5 heteroatoms. The predicted octanol–water partition coefficient (Wildman–Crippen LogP) is 3.94. The van der Waals surface area contributed by atoms with Crippen LogP contribution in [0.2, 0.25) is 0 Å². The normalized spacial score (nSPS) is 27.2. The van der Waals surface area contributed by atoms with E-state index in [9.17, 15) is 9.59 Å². The highest BCUT2D eigenvalue weighted by atomic mass is 32.1. The molecule has 4 rings (SSSR count). The number of nitrogens with zero attached hydrogens (tertiary/aromatic N) is 2. The zero-order chi connectivity index (χ0) is 17.4. The van der Waals surface area contributed by atoms with Gasteiger partial charge in [0.1, 0.15) is 0 Å². The number of allylic oxidation sites excluding steroid dienone is 2. The number of hydrogen-bond acceptors (Lipinski definition) is 4. The van der Waals surface area contributed by atoms with Gasteiger partial charge in [0.15, 0.2) is 5.78 Å². The summed E-state index contributed by atoms with van der Waals surface area (Å²) in [6, 6.07) is 4.08. The minimum absolute atomic E-state index is 0.144. The fourth-order valence-corrected chi connectivity index (χ4v) is 5.28. The topological polar surface area (TPSA) is 49.7 Å². The minimum Gasteiger partial charge on any atom is -0.342 e. The molecule has 1 aromatic rings. The molecule has 2 aliphatic heterocycles. The highest BCUT2D eigenvalue weighted by Crippen LogP contribution is 2.45. The van der Waals surface area contributed by atoms with Crippen LogP contribution in [0.1, 0.15) is 56.2 Å². The van der Waals surface area contributed by atoms with E-state index in [0.717, 1.165) is 60.6 Å². The molecule has 4 nitrogen and oxygen atoms in total. The van der Waals surface area contributed by atoms with Crippen LogP contribution >= 0.6 is 11.3 Å². The molecule has 3 heterocycles. The van der Waals surface area contributed by atoms with Gasteiger partial charge in [-0.1, -0.05) is 6.07 Å². The highest BCUT2D eigenvalue weighted by molar-refractivity contribution is 7.10. The smallest absolute Gasteiger partial charge is 0.232 e. The third-order valence-corrected chi connectivity index (χ3v) is 6.57. The quantitative estimate of drug-likeness (QED) is 0.806. The number of carbonyl (C=O) groups excluding carboxylic acids is 2. The maximum Gasteiger partial charge on any atom is 0.232 e. The van der Waals surface area contributed by atoms with Crippen LogP contribution in [0.25, 0.3) is 0 Å². The van der Waals surface area contributed by atoms with Gasteiger partial charge in [0.2, 0.25) is 5.91 Å². The average molecular weight is 356 g/mol. The van der Waals surface area contributed by atoms with E-state index in [1.807, 2.05) is 23.3 Å². The second kappa shape index (κ2) is 6.87. The summed E-state index contributed by atoms with van der Waals surface area (Å²) in [7, 11) is 0. The molecular formula is C20H24N2O2S. The molecule has 3 aliphatic rings. The van der Waals surface area contributed by atoms with Crippen molar-refractivity contribution in [3.05, 3.63) is 33.7 Å². The van der Waals surface area contributed by atoms with Crippen LogP contribution in [0.4, 0.5) is 0 Å². The molecule has 0 spiro atoms. The molecule has 1 aromatic heterocycles. The summed E-state index contributed by atoms with van der Waals surface area (Å²) in [5, 5.41) is 2.03. The number of rotatable bonds is 2. The van der Waals surface area contributed by atoms with Crippen molar-refractivity contribution in [2.45, 2.75) is 51.4 Å². The van der Waals surface area contributed by atoms with Crippen LogP contribution in [0.5, 0.6) is 0 Å². The number of likely N-dealkylation sites (tertiary alicyclic amines) is 1. The Bertz CT molecular complexity index is 742. The Morgan fingerprint density at radius 2 is 2.00 bits per heavy atom. The fraction of sp³-hybridized carbons (Fsp3) is 0.550. The average Bonchev–Trinajstić information content (AvgIpc) is 3.15. The molecule has 1 amide bonds. The Hall–Kier alpha value is -1.75. The fourth-order valence-electron chi connectivity index (χ4n) is 4.41. The monoisotopic (exact) mass is 356 g/mol. The van der Waals surface area contributed by atoms with Gasteiger partial charge in [-0.25, -0.2) is 0 Å². The van der Waals surface area contributed by atoms with Crippen molar-refractivity contribution in [3.63, 3.8) is 0 Å². The lowest BCUT2D eigenvalue weighted by molar-refractivity contribution is -0.134. The summed E-state index contributed by atoms with van der Waals surface area (Å²) in [5.41, 5.74) is 2.62. The molecule has 1 saturated heterocycles. The van der Waals surface area contributed by atoms with Crippen LogP contribution in [0, 0.1) is 5.92 Å². The summed E-state index contributed by atoms with van der Waals surface area (Å²) in [4.78, 5) is 34.0. The molecule has 0 aromatic carbocycles. The Balaban J connectivity index is 1.77. The molecule has 1 unspecified atom stereocenters. The van der Waals surface area contributed by atoms with Gasteiger partial charge in [0.05, 0.1) is 5.92 Å². The summed E-state index contributed by atoms with van der Waals surface area (Å²) >= 11 is 1.64. The van der Waals surface area contributed by atoms with Gasteiger partial charge in [-0.2, -0.15) is 0 Å². The molecule has 0 saturated carbocycles. The van der Waals surface area contributed by atoms with Crippen molar-refractivity contribution in [2.75, 3.05) is 13.1 Å². The Labute approximate surface area is 152 Å². The molecule has 1 aliphatic carbocycles. The largest absolute Gasteiger partial charge is 0.342 e. The molecule has 0 bridgehead atoms. The van der Waals surface area contributed by atoms with Gasteiger partial charge in [-0.15, -0.1) is 11.3 Å². The zero-order valence-electron chi connectivity index (χ0n) is 14.7. The first-order chi connectivity index (χ1) is 12.2. The van der Waals surface area contributed by atoms with E-state index in [4.69, 9.17) is 4.99 Å². The van der Waals surface area contributed by atoms with Crippen LogP contribution < -0.4 is 0 Å². The highest BCUT2D eigenvalue weighted by Gasteiger charge is 2.44. The van der Waals surface area contributed by atoms with Crippen LogP contribution in [-0.4, -0.2) is 35.4 Å².